The summed E-state index contributed by atoms with van der Waals surface area (Å²) in [7, 11) is 0. The fourth-order valence-electron chi connectivity index (χ4n) is 2.75. The molecule has 0 saturated heterocycles. The van der Waals surface area contributed by atoms with Gasteiger partial charge in [-0.1, -0.05) is 23.4 Å². The second-order valence-corrected chi connectivity index (χ2v) is 6.16. The number of amides is 1. The van der Waals surface area contributed by atoms with E-state index in [1.165, 1.54) is 4.90 Å². The third-order valence-corrected chi connectivity index (χ3v) is 4.72. The number of oxime groups is 1. The van der Waals surface area contributed by atoms with E-state index in [2.05, 4.69) is 5.16 Å². The van der Waals surface area contributed by atoms with Crippen LogP contribution in [0.4, 0.5) is 5.69 Å². The van der Waals surface area contributed by atoms with Crippen LogP contribution in [0.1, 0.15) is 21.7 Å². The lowest BCUT2D eigenvalue weighted by Crippen LogP contribution is -2.36. The third-order valence-electron chi connectivity index (χ3n) is 3.80. The fourth-order valence-corrected chi connectivity index (χ4v) is 3.47. The fraction of sp³-hybridized carbons (Fsp3) is 0.188. The molecule has 6 heteroatoms. The van der Waals surface area contributed by atoms with Crippen LogP contribution >= 0.6 is 11.3 Å². The van der Waals surface area contributed by atoms with Crippen LogP contribution < -0.4 is 4.90 Å². The maximum atomic E-state index is 12.1. The minimum Gasteiger partial charge on any atom is -0.390 e. The predicted molar refractivity (Wildman–Crippen MR) is 83.5 cm³/mol. The van der Waals surface area contributed by atoms with Crippen molar-refractivity contribution >= 4 is 34.4 Å². The molecule has 1 aromatic heterocycles. The Morgan fingerprint density at radius 1 is 1.23 bits per heavy atom. The molecule has 110 valence electrons. The highest BCUT2D eigenvalue weighted by molar-refractivity contribution is 7.12. The number of hydrogen-bond acceptors (Lipinski definition) is 5. The van der Waals surface area contributed by atoms with Crippen LogP contribution in [0.3, 0.4) is 0 Å². The van der Waals surface area contributed by atoms with Gasteiger partial charge in [-0.25, -0.2) is 0 Å². The number of para-hydroxylation sites is 1. The van der Waals surface area contributed by atoms with Crippen LogP contribution in [0.25, 0.3) is 0 Å². The van der Waals surface area contributed by atoms with E-state index in [1.807, 2.05) is 23.6 Å². The highest BCUT2D eigenvalue weighted by Gasteiger charge is 2.38. The quantitative estimate of drug-likeness (QED) is 0.818. The second kappa shape index (κ2) is 5.06. The first-order valence-corrected chi connectivity index (χ1v) is 7.84. The van der Waals surface area contributed by atoms with Crippen molar-refractivity contribution in [3.8, 4) is 0 Å². The van der Waals surface area contributed by atoms with Gasteiger partial charge in [0, 0.05) is 6.42 Å². The molecule has 5 nitrogen and oxygen atoms in total. The van der Waals surface area contributed by atoms with Crippen LogP contribution in [-0.2, 0) is 9.63 Å². The molecule has 1 atom stereocenters. The van der Waals surface area contributed by atoms with Gasteiger partial charge in [0.05, 0.1) is 22.7 Å². The Labute approximate surface area is 130 Å². The zero-order valence-corrected chi connectivity index (χ0v) is 12.4. The van der Waals surface area contributed by atoms with Crippen LogP contribution in [0, 0.1) is 0 Å². The standard InChI is InChI=1S/C16H12N2O3S/c19-15-11-4-1-2-5-13(11)18(16(15)20)9-10-8-12(17-21-10)14-6-3-7-22-14/h1-7,10H,8-9H2/t10-/m1/s1. The average Bonchev–Trinajstić information content (AvgIpc) is 3.25. The normalized spacial score (nSPS) is 20.1. The number of nitrogens with zero attached hydrogens (tertiary/aromatic N) is 2. The zero-order valence-electron chi connectivity index (χ0n) is 11.6. The van der Waals surface area contributed by atoms with Crippen LogP contribution in [-0.4, -0.2) is 30.1 Å². The average molecular weight is 312 g/mol. The maximum Gasteiger partial charge on any atom is 0.299 e. The minimum absolute atomic E-state index is 0.222. The smallest absolute Gasteiger partial charge is 0.299 e. The molecule has 2 aromatic rings. The number of Topliss-reactive ketones (excluding diaryl/α,β-unsaturated/α-hetero) is 1. The molecule has 0 N–H and O–H groups in total. The van der Waals surface area contributed by atoms with E-state index in [-0.39, 0.29) is 6.10 Å². The summed E-state index contributed by atoms with van der Waals surface area (Å²) in [5.41, 5.74) is 2.02. The summed E-state index contributed by atoms with van der Waals surface area (Å²) < 4.78 is 0. The molecular formula is C16H12N2O3S. The van der Waals surface area contributed by atoms with Crippen molar-refractivity contribution in [3.63, 3.8) is 0 Å². The topological polar surface area (TPSA) is 59.0 Å². The Morgan fingerprint density at radius 2 is 2.09 bits per heavy atom. The summed E-state index contributed by atoms with van der Waals surface area (Å²) in [6.07, 6.45) is 0.417. The molecular weight excluding hydrogens is 300 g/mol. The molecule has 2 aliphatic heterocycles. The van der Waals surface area contributed by atoms with Crippen LogP contribution in [0.15, 0.2) is 46.9 Å². The predicted octanol–water partition coefficient (Wildman–Crippen LogP) is 2.47. The Balaban J connectivity index is 1.51. The zero-order chi connectivity index (χ0) is 15.1. The Bertz CT molecular complexity index is 782. The molecule has 2 aliphatic rings. The van der Waals surface area contributed by atoms with Crippen molar-refractivity contribution < 1.29 is 14.4 Å². The Kier molecular flexibility index (Phi) is 3.04. The van der Waals surface area contributed by atoms with E-state index in [4.69, 9.17) is 4.84 Å². The summed E-state index contributed by atoms with van der Waals surface area (Å²) in [6, 6.07) is 11.0. The summed E-state index contributed by atoms with van der Waals surface area (Å²) in [4.78, 5) is 32.1. The number of thiophene rings is 1. The van der Waals surface area contributed by atoms with Gasteiger partial charge in [0.25, 0.3) is 11.7 Å². The van der Waals surface area contributed by atoms with Crippen molar-refractivity contribution in [2.24, 2.45) is 5.16 Å². The SMILES string of the molecule is O=C1C(=O)N(C[C@H]2CC(c3cccs3)=NO2)c2ccccc21. The first-order chi connectivity index (χ1) is 10.7. The van der Waals surface area contributed by atoms with E-state index in [1.54, 1.807) is 29.5 Å². The lowest BCUT2D eigenvalue weighted by atomic mass is 10.1. The lowest BCUT2D eigenvalue weighted by Gasteiger charge is -2.19. The first kappa shape index (κ1) is 13.2. The molecule has 0 spiro atoms. The van der Waals surface area contributed by atoms with E-state index in [0.29, 0.717) is 24.2 Å². The van der Waals surface area contributed by atoms with Crippen LogP contribution in [0.2, 0.25) is 0 Å². The molecule has 0 bridgehead atoms. The molecule has 0 unspecified atom stereocenters. The molecule has 4 rings (SSSR count). The number of fused-ring (bicyclic) bond motifs is 1. The van der Waals surface area contributed by atoms with Gasteiger partial charge in [-0.2, -0.15) is 0 Å². The van der Waals surface area contributed by atoms with Gasteiger partial charge in [0.2, 0.25) is 0 Å². The minimum atomic E-state index is -0.491. The summed E-state index contributed by atoms with van der Waals surface area (Å²) >= 11 is 1.61. The van der Waals surface area contributed by atoms with Crippen molar-refractivity contribution in [2.75, 3.05) is 11.4 Å². The van der Waals surface area contributed by atoms with E-state index >= 15 is 0 Å². The number of carbonyl (C=O) groups excluding carboxylic acids is 2. The second-order valence-electron chi connectivity index (χ2n) is 5.21. The molecule has 0 fully saturated rings. The Hall–Kier alpha value is -2.47. The maximum absolute atomic E-state index is 12.1. The van der Waals surface area contributed by atoms with Gasteiger partial charge in [0.15, 0.2) is 6.10 Å². The number of rotatable bonds is 3. The van der Waals surface area contributed by atoms with Gasteiger partial charge in [-0.05, 0) is 23.6 Å². The van der Waals surface area contributed by atoms with Crippen molar-refractivity contribution in [3.05, 3.63) is 52.2 Å². The highest BCUT2D eigenvalue weighted by Crippen LogP contribution is 2.30. The lowest BCUT2D eigenvalue weighted by molar-refractivity contribution is -0.114. The Morgan fingerprint density at radius 3 is 2.91 bits per heavy atom. The molecule has 1 amide bonds. The third kappa shape index (κ3) is 2.03. The summed E-state index contributed by atoms with van der Waals surface area (Å²) in [5.74, 6) is -0.942. The van der Waals surface area contributed by atoms with Crippen molar-refractivity contribution in [1.29, 1.82) is 0 Å². The summed E-state index contributed by atoms with van der Waals surface area (Å²) in [5, 5.41) is 6.10. The molecule has 1 aromatic carbocycles. The first-order valence-electron chi connectivity index (χ1n) is 6.96. The summed E-state index contributed by atoms with van der Waals surface area (Å²) in [6.45, 7) is 0.333. The molecule has 3 heterocycles. The van der Waals surface area contributed by atoms with Gasteiger partial charge in [0.1, 0.15) is 5.71 Å². The van der Waals surface area contributed by atoms with Crippen LogP contribution in [0.5, 0.6) is 0 Å². The molecule has 0 saturated carbocycles. The largest absolute Gasteiger partial charge is 0.390 e. The van der Waals surface area contributed by atoms with E-state index in [9.17, 15) is 9.59 Å². The molecule has 22 heavy (non-hydrogen) atoms. The van der Waals surface area contributed by atoms with E-state index < -0.39 is 11.7 Å². The number of benzene rings is 1. The van der Waals surface area contributed by atoms with E-state index in [0.717, 1.165) is 10.6 Å². The van der Waals surface area contributed by atoms with Gasteiger partial charge in [-0.3, -0.25) is 9.59 Å². The van der Waals surface area contributed by atoms with Crippen molar-refractivity contribution in [1.82, 2.24) is 0 Å². The number of ketones is 1. The highest BCUT2D eigenvalue weighted by atomic mass is 32.1. The number of carbonyl (C=O) groups is 2. The van der Waals surface area contributed by atoms with Gasteiger partial charge >= 0.3 is 0 Å². The monoisotopic (exact) mass is 312 g/mol. The number of hydrogen-bond donors (Lipinski definition) is 0. The van der Waals surface area contributed by atoms with Crippen molar-refractivity contribution in [2.45, 2.75) is 12.5 Å². The molecule has 0 radical (unpaired) electrons. The molecule has 0 aliphatic carbocycles. The number of anilines is 1. The van der Waals surface area contributed by atoms with Gasteiger partial charge < -0.3 is 9.74 Å². The van der Waals surface area contributed by atoms with Gasteiger partial charge in [-0.15, -0.1) is 11.3 Å².